The number of rotatable bonds is 6. The van der Waals surface area contributed by atoms with E-state index in [1.165, 1.54) is 0 Å². The van der Waals surface area contributed by atoms with Gasteiger partial charge in [-0.05, 0) is 36.2 Å². The van der Waals surface area contributed by atoms with Crippen molar-refractivity contribution in [1.29, 1.82) is 0 Å². The van der Waals surface area contributed by atoms with Crippen molar-refractivity contribution in [3.8, 4) is 11.5 Å². The fraction of sp³-hybridized carbons (Fsp3) is 0.250. The molecule has 0 saturated heterocycles. The highest BCUT2D eigenvalue weighted by atomic mass is 16.5. The topological polar surface area (TPSA) is 44.5 Å². The van der Waals surface area contributed by atoms with E-state index in [4.69, 9.17) is 15.2 Å². The van der Waals surface area contributed by atoms with E-state index >= 15 is 0 Å². The largest absolute Gasteiger partial charge is 0.490 e. The van der Waals surface area contributed by atoms with Crippen LogP contribution in [0.1, 0.15) is 18.9 Å². The molecule has 19 heavy (non-hydrogen) atoms. The molecule has 2 aromatic carbocycles. The molecule has 3 nitrogen and oxygen atoms in total. The van der Waals surface area contributed by atoms with E-state index in [9.17, 15) is 0 Å². The van der Waals surface area contributed by atoms with Gasteiger partial charge in [-0.15, -0.1) is 0 Å². The van der Waals surface area contributed by atoms with E-state index in [-0.39, 0.29) is 0 Å². The summed E-state index contributed by atoms with van der Waals surface area (Å²) in [5.74, 6) is 1.56. The second-order valence-corrected chi connectivity index (χ2v) is 4.33. The van der Waals surface area contributed by atoms with Gasteiger partial charge >= 0.3 is 0 Å². The van der Waals surface area contributed by atoms with E-state index in [0.717, 1.165) is 29.2 Å². The second kappa shape index (κ2) is 6.69. The number of benzene rings is 2. The van der Waals surface area contributed by atoms with Crippen molar-refractivity contribution in [2.75, 3.05) is 12.3 Å². The van der Waals surface area contributed by atoms with Crippen molar-refractivity contribution in [3.05, 3.63) is 54.1 Å². The summed E-state index contributed by atoms with van der Waals surface area (Å²) in [5, 5.41) is 0. The molecule has 0 bridgehead atoms. The Hall–Kier alpha value is -2.16. The first kappa shape index (κ1) is 13.3. The van der Waals surface area contributed by atoms with E-state index < -0.39 is 0 Å². The maximum absolute atomic E-state index is 5.79. The summed E-state index contributed by atoms with van der Waals surface area (Å²) in [6.07, 6.45) is 0.978. The fourth-order valence-electron chi connectivity index (χ4n) is 1.68. The van der Waals surface area contributed by atoms with Gasteiger partial charge in [0.2, 0.25) is 0 Å². The second-order valence-electron chi connectivity index (χ2n) is 4.33. The zero-order valence-corrected chi connectivity index (χ0v) is 11.1. The lowest BCUT2D eigenvalue weighted by atomic mass is 10.2. The molecule has 0 fully saturated rings. The third kappa shape index (κ3) is 3.91. The molecule has 0 aliphatic rings. The molecule has 0 unspecified atom stereocenters. The van der Waals surface area contributed by atoms with Crippen molar-refractivity contribution in [2.24, 2.45) is 0 Å². The minimum atomic E-state index is 0.507. The van der Waals surface area contributed by atoms with E-state index in [1.807, 2.05) is 48.5 Å². The number of ether oxygens (including phenoxy) is 2. The number of nitrogen functional groups attached to an aromatic ring is 1. The van der Waals surface area contributed by atoms with Crippen LogP contribution in [0.2, 0.25) is 0 Å². The number of para-hydroxylation sites is 2. The predicted molar refractivity (Wildman–Crippen MR) is 77.4 cm³/mol. The van der Waals surface area contributed by atoms with Gasteiger partial charge < -0.3 is 15.2 Å². The molecule has 0 aliphatic heterocycles. The molecule has 2 aromatic rings. The van der Waals surface area contributed by atoms with Crippen LogP contribution in [0, 0.1) is 0 Å². The Labute approximate surface area is 114 Å². The van der Waals surface area contributed by atoms with Crippen molar-refractivity contribution in [2.45, 2.75) is 20.0 Å². The molecule has 0 atom stereocenters. The first-order valence-corrected chi connectivity index (χ1v) is 6.48. The van der Waals surface area contributed by atoms with Gasteiger partial charge in [0.05, 0.1) is 6.61 Å². The van der Waals surface area contributed by atoms with Crippen LogP contribution in [0.25, 0.3) is 0 Å². The first-order valence-electron chi connectivity index (χ1n) is 6.48. The maximum Gasteiger partial charge on any atom is 0.161 e. The Morgan fingerprint density at radius 3 is 2.16 bits per heavy atom. The summed E-state index contributed by atoms with van der Waals surface area (Å²) in [7, 11) is 0. The molecule has 0 heterocycles. The number of nitrogens with two attached hydrogens (primary N) is 1. The van der Waals surface area contributed by atoms with Gasteiger partial charge in [0.1, 0.15) is 6.61 Å². The lowest BCUT2D eigenvalue weighted by Crippen LogP contribution is -2.00. The normalized spacial score (nSPS) is 10.2. The van der Waals surface area contributed by atoms with Gasteiger partial charge in [0.25, 0.3) is 0 Å². The van der Waals surface area contributed by atoms with Crippen LogP contribution in [-0.2, 0) is 6.61 Å². The maximum atomic E-state index is 5.79. The van der Waals surface area contributed by atoms with Gasteiger partial charge in [0, 0.05) is 5.69 Å². The van der Waals surface area contributed by atoms with Crippen LogP contribution in [-0.4, -0.2) is 6.61 Å². The first-order chi connectivity index (χ1) is 9.29. The molecule has 100 valence electrons. The van der Waals surface area contributed by atoms with Gasteiger partial charge in [0.15, 0.2) is 11.5 Å². The molecule has 2 N–H and O–H groups in total. The molecular formula is C16H19NO2. The van der Waals surface area contributed by atoms with Gasteiger partial charge in [-0.3, -0.25) is 0 Å². The molecule has 0 saturated carbocycles. The van der Waals surface area contributed by atoms with Crippen molar-refractivity contribution in [1.82, 2.24) is 0 Å². The third-order valence-electron chi connectivity index (χ3n) is 2.68. The Morgan fingerprint density at radius 2 is 1.53 bits per heavy atom. The van der Waals surface area contributed by atoms with E-state index in [2.05, 4.69) is 6.92 Å². The summed E-state index contributed by atoms with van der Waals surface area (Å²) in [6.45, 7) is 3.28. The highest BCUT2D eigenvalue weighted by Crippen LogP contribution is 2.27. The average Bonchev–Trinajstić information content (AvgIpc) is 2.45. The Bertz CT molecular complexity index is 508. The molecule has 0 spiro atoms. The Kier molecular flexibility index (Phi) is 4.67. The SMILES string of the molecule is CCCOc1ccccc1OCc1ccc(N)cc1. The van der Waals surface area contributed by atoms with Crippen LogP contribution in [0.15, 0.2) is 48.5 Å². The molecule has 0 radical (unpaired) electrons. The lowest BCUT2D eigenvalue weighted by molar-refractivity contribution is 0.262. The quantitative estimate of drug-likeness (QED) is 0.803. The molecule has 0 amide bonds. The molecular weight excluding hydrogens is 238 g/mol. The van der Waals surface area contributed by atoms with Crippen LogP contribution in [0.3, 0.4) is 0 Å². The minimum absolute atomic E-state index is 0.507. The number of anilines is 1. The van der Waals surface area contributed by atoms with Gasteiger partial charge in [-0.1, -0.05) is 31.2 Å². The number of hydrogen-bond acceptors (Lipinski definition) is 3. The highest BCUT2D eigenvalue weighted by Gasteiger charge is 2.04. The summed E-state index contributed by atoms with van der Waals surface area (Å²) < 4.78 is 11.4. The van der Waals surface area contributed by atoms with E-state index in [0.29, 0.717) is 13.2 Å². The Balaban J connectivity index is 2.00. The molecule has 2 rings (SSSR count). The van der Waals surface area contributed by atoms with Crippen LogP contribution in [0.5, 0.6) is 11.5 Å². The zero-order valence-electron chi connectivity index (χ0n) is 11.1. The highest BCUT2D eigenvalue weighted by molar-refractivity contribution is 5.41. The van der Waals surface area contributed by atoms with Gasteiger partial charge in [-0.25, -0.2) is 0 Å². The Morgan fingerprint density at radius 1 is 0.895 bits per heavy atom. The van der Waals surface area contributed by atoms with Crippen LogP contribution < -0.4 is 15.2 Å². The standard InChI is InChI=1S/C16H19NO2/c1-2-11-18-15-5-3-4-6-16(15)19-12-13-7-9-14(17)10-8-13/h3-10H,2,11-12,17H2,1H3. The zero-order chi connectivity index (χ0) is 13.5. The minimum Gasteiger partial charge on any atom is -0.490 e. The van der Waals surface area contributed by atoms with E-state index in [1.54, 1.807) is 0 Å². The van der Waals surface area contributed by atoms with Gasteiger partial charge in [-0.2, -0.15) is 0 Å². The molecule has 0 aliphatic carbocycles. The smallest absolute Gasteiger partial charge is 0.161 e. The lowest BCUT2D eigenvalue weighted by Gasteiger charge is -2.12. The monoisotopic (exact) mass is 257 g/mol. The molecule has 0 aromatic heterocycles. The summed E-state index contributed by atoms with van der Waals surface area (Å²) in [5.41, 5.74) is 7.49. The van der Waals surface area contributed by atoms with Crippen molar-refractivity contribution < 1.29 is 9.47 Å². The number of hydrogen-bond donors (Lipinski definition) is 1. The van der Waals surface area contributed by atoms with Crippen molar-refractivity contribution >= 4 is 5.69 Å². The third-order valence-corrected chi connectivity index (χ3v) is 2.68. The fourth-order valence-corrected chi connectivity index (χ4v) is 1.68. The molecule has 3 heteroatoms. The summed E-state index contributed by atoms with van der Waals surface area (Å²) >= 11 is 0. The summed E-state index contributed by atoms with van der Waals surface area (Å²) in [6, 6.07) is 15.4. The average molecular weight is 257 g/mol. The van der Waals surface area contributed by atoms with Crippen LogP contribution in [0.4, 0.5) is 5.69 Å². The van der Waals surface area contributed by atoms with Crippen LogP contribution >= 0.6 is 0 Å². The predicted octanol–water partition coefficient (Wildman–Crippen LogP) is 3.64. The summed E-state index contributed by atoms with van der Waals surface area (Å²) in [4.78, 5) is 0. The van der Waals surface area contributed by atoms with Crippen molar-refractivity contribution in [3.63, 3.8) is 0 Å².